The number of rotatable bonds is 8. The van der Waals surface area contributed by atoms with E-state index in [1.165, 1.54) is 11.1 Å². The molecule has 0 saturated heterocycles. The quantitative estimate of drug-likeness (QED) is 0.331. The SMILES string of the molecule is CCNC(=NCc1ccc(Cn2ccnc2)cc1)NCC(OC)C(C)(C)C.I. The molecule has 0 aliphatic rings. The van der Waals surface area contributed by atoms with Crippen LogP contribution < -0.4 is 10.6 Å². The summed E-state index contributed by atoms with van der Waals surface area (Å²) in [6.07, 6.45) is 5.71. The summed E-state index contributed by atoms with van der Waals surface area (Å²) in [5.41, 5.74) is 2.50. The van der Waals surface area contributed by atoms with Crippen LogP contribution in [0, 0.1) is 5.41 Å². The maximum atomic E-state index is 5.61. The second-order valence-corrected chi connectivity index (χ2v) is 7.72. The summed E-state index contributed by atoms with van der Waals surface area (Å²) in [5, 5.41) is 6.69. The van der Waals surface area contributed by atoms with Crippen LogP contribution in [-0.4, -0.2) is 41.8 Å². The summed E-state index contributed by atoms with van der Waals surface area (Å²) in [6, 6.07) is 8.55. The Kier molecular flexibility index (Phi) is 10.5. The van der Waals surface area contributed by atoms with Crippen LogP contribution in [-0.2, 0) is 17.8 Å². The lowest BCUT2D eigenvalue weighted by Gasteiger charge is -2.30. The van der Waals surface area contributed by atoms with Gasteiger partial charge in [-0.3, -0.25) is 0 Å². The van der Waals surface area contributed by atoms with E-state index in [0.29, 0.717) is 6.54 Å². The second-order valence-electron chi connectivity index (χ2n) is 7.72. The van der Waals surface area contributed by atoms with Crippen molar-refractivity contribution in [3.05, 3.63) is 54.1 Å². The zero-order valence-corrected chi connectivity index (χ0v) is 19.9. The van der Waals surface area contributed by atoms with Gasteiger partial charge in [0.05, 0.1) is 19.0 Å². The summed E-state index contributed by atoms with van der Waals surface area (Å²) in [5.74, 6) is 0.811. The molecule has 0 fully saturated rings. The second kappa shape index (κ2) is 12.1. The molecule has 0 bridgehead atoms. The van der Waals surface area contributed by atoms with Gasteiger partial charge >= 0.3 is 0 Å². The van der Waals surface area contributed by atoms with Crippen molar-refractivity contribution in [1.82, 2.24) is 20.2 Å². The average molecular weight is 499 g/mol. The Balaban J connectivity index is 0.00000392. The molecule has 2 rings (SSSR count). The van der Waals surface area contributed by atoms with Crippen molar-refractivity contribution in [2.75, 3.05) is 20.2 Å². The smallest absolute Gasteiger partial charge is 0.191 e. The fourth-order valence-corrected chi connectivity index (χ4v) is 2.79. The summed E-state index contributed by atoms with van der Waals surface area (Å²) in [4.78, 5) is 8.78. The van der Waals surface area contributed by atoms with Crippen LogP contribution in [0.5, 0.6) is 0 Å². The van der Waals surface area contributed by atoms with Crippen molar-refractivity contribution in [1.29, 1.82) is 0 Å². The highest BCUT2D eigenvalue weighted by Crippen LogP contribution is 2.20. The molecule has 0 spiro atoms. The van der Waals surface area contributed by atoms with Gasteiger partial charge in [0.2, 0.25) is 0 Å². The van der Waals surface area contributed by atoms with Gasteiger partial charge in [0.1, 0.15) is 0 Å². The molecule has 0 aliphatic heterocycles. The van der Waals surface area contributed by atoms with Gasteiger partial charge in [-0.05, 0) is 23.5 Å². The Labute approximate surface area is 186 Å². The summed E-state index contributed by atoms with van der Waals surface area (Å²) >= 11 is 0. The van der Waals surface area contributed by atoms with E-state index < -0.39 is 0 Å². The highest BCUT2D eigenvalue weighted by Gasteiger charge is 2.24. The first-order chi connectivity index (χ1) is 12.9. The van der Waals surface area contributed by atoms with Crippen LogP contribution in [0.4, 0.5) is 0 Å². The minimum absolute atomic E-state index is 0. The molecule has 0 radical (unpaired) electrons. The molecule has 1 unspecified atom stereocenters. The third-order valence-corrected chi connectivity index (χ3v) is 4.42. The molecule has 2 aromatic rings. The number of hydrogen-bond donors (Lipinski definition) is 2. The van der Waals surface area contributed by atoms with E-state index in [1.54, 1.807) is 13.3 Å². The maximum Gasteiger partial charge on any atom is 0.191 e. The Hall–Kier alpha value is -1.61. The van der Waals surface area contributed by atoms with E-state index in [2.05, 4.69) is 72.1 Å². The van der Waals surface area contributed by atoms with Gasteiger partial charge in [0, 0.05) is 39.1 Å². The lowest BCUT2D eigenvalue weighted by Crippen LogP contribution is -2.45. The van der Waals surface area contributed by atoms with Gasteiger partial charge in [-0.15, -0.1) is 24.0 Å². The number of ether oxygens (including phenoxy) is 1. The first-order valence-corrected chi connectivity index (χ1v) is 9.51. The molecule has 28 heavy (non-hydrogen) atoms. The molecular formula is C21H34IN5O. The molecule has 0 amide bonds. The largest absolute Gasteiger partial charge is 0.379 e. The summed E-state index contributed by atoms with van der Waals surface area (Å²) in [6.45, 7) is 11.6. The highest BCUT2D eigenvalue weighted by molar-refractivity contribution is 14.0. The normalized spacial score (nSPS) is 13.0. The molecule has 7 heteroatoms. The minimum atomic E-state index is 0. The number of nitrogens with zero attached hydrogens (tertiary/aromatic N) is 3. The molecule has 1 heterocycles. The number of halogens is 1. The molecule has 1 aromatic carbocycles. The predicted octanol–water partition coefficient (Wildman–Crippen LogP) is 3.67. The molecule has 0 saturated carbocycles. The molecule has 6 nitrogen and oxygen atoms in total. The van der Waals surface area contributed by atoms with Crippen molar-refractivity contribution in [3.63, 3.8) is 0 Å². The number of aliphatic imine (C=N–C) groups is 1. The number of aromatic nitrogens is 2. The van der Waals surface area contributed by atoms with Gasteiger partial charge in [0.25, 0.3) is 0 Å². The molecule has 2 N–H and O–H groups in total. The van der Waals surface area contributed by atoms with E-state index in [1.807, 2.05) is 12.5 Å². The van der Waals surface area contributed by atoms with Crippen molar-refractivity contribution >= 4 is 29.9 Å². The van der Waals surface area contributed by atoms with Crippen LogP contribution in [0.25, 0.3) is 0 Å². The standard InChI is InChI=1S/C21H33N5O.HI/c1-6-23-20(25-14-19(27-5)21(2,3)4)24-13-17-7-9-18(10-8-17)15-26-12-11-22-16-26;/h7-12,16,19H,6,13-15H2,1-5H3,(H2,23,24,25);1H. The van der Waals surface area contributed by atoms with Crippen molar-refractivity contribution in [2.45, 2.75) is 46.9 Å². The van der Waals surface area contributed by atoms with Gasteiger partial charge < -0.3 is 19.9 Å². The third-order valence-electron chi connectivity index (χ3n) is 4.42. The Morgan fingerprint density at radius 3 is 2.39 bits per heavy atom. The Morgan fingerprint density at radius 1 is 1.18 bits per heavy atom. The molecule has 0 aliphatic carbocycles. The van der Waals surface area contributed by atoms with Crippen LogP contribution in [0.1, 0.15) is 38.8 Å². The molecular weight excluding hydrogens is 465 g/mol. The monoisotopic (exact) mass is 499 g/mol. The van der Waals surface area contributed by atoms with E-state index >= 15 is 0 Å². The zero-order chi connectivity index (χ0) is 19.7. The number of hydrogen-bond acceptors (Lipinski definition) is 3. The first kappa shape index (κ1) is 24.4. The van der Waals surface area contributed by atoms with E-state index in [4.69, 9.17) is 9.73 Å². The Morgan fingerprint density at radius 2 is 1.86 bits per heavy atom. The first-order valence-electron chi connectivity index (χ1n) is 9.51. The van der Waals surface area contributed by atoms with Crippen LogP contribution in [0.3, 0.4) is 0 Å². The summed E-state index contributed by atoms with van der Waals surface area (Å²) < 4.78 is 7.67. The molecule has 1 atom stereocenters. The van der Waals surface area contributed by atoms with Crippen molar-refractivity contribution in [3.8, 4) is 0 Å². The fraction of sp³-hybridized carbons (Fsp3) is 0.524. The molecule has 156 valence electrons. The van der Waals surface area contributed by atoms with Crippen LogP contribution >= 0.6 is 24.0 Å². The number of nitrogens with one attached hydrogen (secondary N) is 2. The minimum Gasteiger partial charge on any atom is -0.379 e. The summed E-state index contributed by atoms with van der Waals surface area (Å²) in [7, 11) is 1.76. The topological polar surface area (TPSA) is 63.5 Å². The number of imidazole rings is 1. The average Bonchev–Trinajstić information content (AvgIpc) is 3.13. The highest BCUT2D eigenvalue weighted by atomic mass is 127. The van der Waals surface area contributed by atoms with E-state index in [0.717, 1.165) is 25.6 Å². The number of guanidine groups is 1. The number of methoxy groups -OCH3 is 1. The van der Waals surface area contributed by atoms with E-state index in [9.17, 15) is 0 Å². The third kappa shape index (κ3) is 8.18. The lowest BCUT2D eigenvalue weighted by molar-refractivity contribution is 0.0205. The zero-order valence-electron chi connectivity index (χ0n) is 17.6. The van der Waals surface area contributed by atoms with Crippen LogP contribution in [0.15, 0.2) is 48.0 Å². The van der Waals surface area contributed by atoms with E-state index in [-0.39, 0.29) is 35.5 Å². The molecule has 1 aromatic heterocycles. The number of benzene rings is 1. The maximum absolute atomic E-state index is 5.61. The Bertz CT molecular complexity index is 693. The van der Waals surface area contributed by atoms with Gasteiger partial charge in [-0.2, -0.15) is 0 Å². The predicted molar refractivity (Wildman–Crippen MR) is 126 cm³/mol. The van der Waals surface area contributed by atoms with Crippen molar-refractivity contribution in [2.24, 2.45) is 10.4 Å². The van der Waals surface area contributed by atoms with Crippen molar-refractivity contribution < 1.29 is 4.74 Å². The van der Waals surface area contributed by atoms with Gasteiger partial charge in [-0.1, -0.05) is 45.0 Å². The van der Waals surface area contributed by atoms with Gasteiger partial charge in [-0.25, -0.2) is 9.98 Å². The fourth-order valence-electron chi connectivity index (χ4n) is 2.79. The lowest BCUT2D eigenvalue weighted by atomic mass is 9.89. The van der Waals surface area contributed by atoms with Crippen LogP contribution in [0.2, 0.25) is 0 Å². The van der Waals surface area contributed by atoms with Gasteiger partial charge in [0.15, 0.2) is 5.96 Å².